The molecule has 0 radical (unpaired) electrons. The van der Waals surface area contributed by atoms with E-state index < -0.39 is 0 Å². The Morgan fingerprint density at radius 1 is 1.07 bits per heavy atom. The fourth-order valence-electron chi connectivity index (χ4n) is 3.32. The van der Waals surface area contributed by atoms with E-state index in [4.69, 9.17) is 16.6 Å². The highest BCUT2D eigenvalue weighted by Crippen LogP contribution is 2.27. The molecule has 0 amide bonds. The molecule has 0 aliphatic carbocycles. The second-order valence-corrected chi connectivity index (χ2v) is 6.97. The van der Waals surface area contributed by atoms with Crippen molar-refractivity contribution in [3.05, 3.63) is 89.2 Å². The van der Waals surface area contributed by atoms with Crippen molar-refractivity contribution in [3.8, 4) is 11.6 Å². The van der Waals surface area contributed by atoms with Crippen LogP contribution in [0, 0.1) is 4.77 Å². The quantitative estimate of drug-likeness (QED) is 0.459. The van der Waals surface area contributed by atoms with Crippen molar-refractivity contribution in [1.82, 2.24) is 24.2 Å². The van der Waals surface area contributed by atoms with Crippen molar-refractivity contribution in [3.63, 3.8) is 0 Å². The Kier molecular flexibility index (Phi) is 5.18. The minimum absolute atomic E-state index is 0.0154. The zero-order chi connectivity index (χ0) is 19.5. The van der Waals surface area contributed by atoms with E-state index in [1.807, 2.05) is 71.0 Å². The molecule has 0 aliphatic rings. The second-order valence-electron chi connectivity index (χ2n) is 6.61. The molecular weight excluding hydrogens is 370 g/mol. The first-order valence-corrected chi connectivity index (χ1v) is 9.40. The minimum Gasteiger partial charge on any atom is -0.461 e. The molecule has 1 unspecified atom stereocenters. The zero-order valence-electron chi connectivity index (χ0n) is 15.8. The Hall–Kier alpha value is -3.03. The van der Waals surface area contributed by atoms with Gasteiger partial charge in [-0.05, 0) is 49.1 Å². The first-order valence-electron chi connectivity index (χ1n) is 8.99. The van der Waals surface area contributed by atoms with Gasteiger partial charge in [0.05, 0.1) is 24.7 Å². The van der Waals surface area contributed by atoms with Crippen LogP contribution in [0.3, 0.4) is 0 Å². The van der Waals surface area contributed by atoms with Gasteiger partial charge in [0, 0.05) is 13.2 Å². The van der Waals surface area contributed by atoms with Gasteiger partial charge < -0.3 is 8.98 Å². The Balaban J connectivity index is 1.68. The van der Waals surface area contributed by atoms with Crippen molar-refractivity contribution in [1.29, 1.82) is 0 Å². The molecule has 4 aromatic rings. The molecule has 0 N–H and O–H groups in total. The highest BCUT2D eigenvalue weighted by atomic mass is 32.1. The van der Waals surface area contributed by atoms with E-state index in [2.05, 4.69) is 34.2 Å². The predicted octanol–water partition coefficient (Wildman–Crippen LogP) is 4.28. The Morgan fingerprint density at radius 3 is 2.54 bits per heavy atom. The van der Waals surface area contributed by atoms with Crippen molar-refractivity contribution >= 4 is 12.2 Å². The van der Waals surface area contributed by atoms with E-state index in [-0.39, 0.29) is 6.04 Å². The summed E-state index contributed by atoms with van der Waals surface area (Å²) in [4.78, 5) is 6.77. The van der Waals surface area contributed by atoms with Crippen LogP contribution in [-0.4, -0.2) is 31.3 Å². The van der Waals surface area contributed by atoms with Crippen LogP contribution in [-0.2, 0) is 13.7 Å². The molecule has 4 rings (SSSR count). The number of furan rings is 1. The monoisotopic (exact) mass is 391 g/mol. The summed E-state index contributed by atoms with van der Waals surface area (Å²) in [6, 6.07) is 20.0. The lowest BCUT2D eigenvalue weighted by atomic mass is 10.0. The topological polar surface area (TPSA) is 52.0 Å². The molecule has 3 heterocycles. The maximum Gasteiger partial charge on any atom is 0.199 e. The molecule has 0 bridgehead atoms. The van der Waals surface area contributed by atoms with Crippen molar-refractivity contribution in [2.24, 2.45) is 7.05 Å². The van der Waals surface area contributed by atoms with Gasteiger partial charge in [-0.1, -0.05) is 36.4 Å². The highest BCUT2D eigenvalue weighted by molar-refractivity contribution is 7.71. The first kappa shape index (κ1) is 18.3. The summed E-state index contributed by atoms with van der Waals surface area (Å²) in [6.07, 6.45) is 3.45. The van der Waals surface area contributed by atoms with Crippen LogP contribution >= 0.6 is 12.2 Å². The second kappa shape index (κ2) is 7.92. The van der Waals surface area contributed by atoms with Crippen LogP contribution in [0.25, 0.3) is 11.6 Å². The number of aromatic nitrogens is 4. The van der Waals surface area contributed by atoms with Crippen molar-refractivity contribution < 1.29 is 4.42 Å². The summed E-state index contributed by atoms with van der Waals surface area (Å²) in [7, 11) is 3.95. The molecule has 0 fully saturated rings. The van der Waals surface area contributed by atoms with Crippen LogP contribution < -0.4 is 0 Å². The Bertz CT molecular complexity index is 1050. The zero-order valence-corrected chi connectivity index (χ0v) is 16.6. The maximum atomic E-state index is 5.61. The maximum absolute atomic E-state index is 5.61. The molecule has 0 saturated carbocycles. The summed E-state index contributed by atoms with van der Waals surface area (Å²) in [5.41, 5.74) is 2.14. The Labute approximate surface area is 168 Å². The van der Waals surface area contributed by atoms with E-state index in [1.54, 1.807) is 6.26 Å². The van der Waals surface area contributed by atoms with Crippen molar-refractivity contribution in [2.45, 2.75) is 12.7 Å². The number of hydrogen-bond acceptors (Lipinski definition) is 5. The van der Waals surface area contributed by atoms with E-state index in [1.165, 1.54) is 0 Å². The summed E-state index contributed by atoms with van der Waals surface area (Å²) in [5.74, 6) is 1.40. The number of benzene rings is 1. The lowest BCUT2D eigenvalue weighted by Crippen LogP contribution is -2.29. The average molecular weight is 392 g/mol. The number of nitrogens with zero attached hydrogens (tertiary/aromatic N) is 5. The van der Waals surface area contributed by atoms with E-state index in [0.717, 1.165) is 11.3 Å². The number of pyridine rings is 1. The molecule has 142 valence electrons. The SMILES string of the molecule is CN(Cn1nc(-c2ccco2)n(C)c1=S)C(c1ccccc1)c1ccccn1. The molecule has 1 aromatic carbocycles. The summed E-state index contributed by atoms with van der Waals surface area (Å²) < 4.78 is 9.80. The lowest BCUT2D eigenvalue weighted by molar-refractivity contribution is 0.205. The Morgan fingerprint density at radius 2 is 1.86 bits per heavy atom. The van der Waals surface area contributed by atoms with Gasteiger partial charge in [-0.3, -0.25) is 9.88 Å². The average Bonchev–Trinajstić information content (AvgIpc) is 3.34. The molecule has 1 atom stereocenters. The molecule has 3 aromatic heterocycles. The molecular formula is C21H21N5OS. The fourth-order valence-corrected chi connectivity index (χ4v) is 3.50. The van der Waals surface area contributed by atoms with Gasteiger partial charge in [-0.2, -0.15) is 0 Å². The van der Waals surface area contributed by atoms with Crippen LogP contribution in [0.15, 0.2) is 77.5 Å². The molecule has 7 heteroatoms. The number of hydrogen-bond donors (Lipinski definition) is 0. The van der Waals surface area contributed by atoms with Crippen LogP contribution in [0.2, 0.25) is 0 Å². The molecule has 0 aliphatic heterocycles. The van der Waals surface area contributed by atoms with Gasteiger partial charge in [0.2, 0.25) is 0 Å². The number of rotatable bonds is 6. The third-order valence-electron chi connectivity index (χ3n) is 4.66. The standard InChI is InChI=1S/C21H21N5OS/c1-24(15-26-21(28)25(2)20(23-26)18-12-8-14-27-18)19(16-9-4-3-5-10-16)17-11-6-7-13-22-17/h3-14,19H,15H2,1-2H3. The summed E-state index contributed by atoms with van der Waals surface area (Å²) >= 11 is 5.61. The third kappa shape index (κ3) is 3.54. The molecule has 6 nitrogen and oxygen atoms in total. The van der Waals surface area contributed by atoms with E-state index in [9.17, 15) is 0 Å². The van der Waals surface area contributed by atoms with Gasteiger partial charge in [-0.25, -0.2) is 4.68 Å². The van der Waals surface area contributed by atoms with Crippen LogP contribution in [0.4, 0.5) is 0 Å². The molecule has 28 heavy (non-hydrogen) atoms. The van der Waals surface area contributed by atoms with Gasteiger partial charge >= 0.3 is 0 Å². The van der Waals surface area contributed by atoms with Gasteiger partial charge in [0.25, 0.3) is 0 Å². The van der Waals surface area contributed by atoms with Gasteiger partial charge in [-0.15, -0.1) is 5.10 Å². The lowest BCUT2D eigenvalue weighted by Gasteiger charge is -2.27. The van der Waals surface area contributed by atoms with Crippen molar-refractivity contribution in [2.75, 3.05) is 7.05 Å². The molecule has 0 saturated heterocycles. The predicted molar refractivity (Wildman–Crippen MR) is 110 cm³/mol. The highest BCUT2D eigenvalue weighted by Gasteiger charge is 2.22. The summed E-state index contributed by atoms with van der Waals surface area (Å²) in [6.45, 7) is 0.517. The largest absolute Gasteiger partial charge is 0.461 e. The third-order valence-corrected chi connectivity index (χ3v) is 5.15. The first-order chi connectivity index (χ1) is 13.6. The molecule has 0 spiro atoms. The van der Waals surface area contributed by atoms with Gasteiger partial charge in [0.15, 0.2) is 16.4 Å². The van der Waals surface area contributed by atoms with E-state index in [0.29, 0.717) is 23.0 Å². The van der Waals surface area contributed by atoms with Gasteiger partial charge in [0.1, 0.15) is 0 Å². The van der Waals surface area contributed by atoms with Crippen LogP contribution in [0.1, 0.15) is 17.3 Å². The fraction of sp³-hybridized carbons (Fsp3) is 0.190. The smallest absolute Gasteiger partial charge is 0.199 e. The summed E-state index contributed by atoms with van der Waals surface area (Å²) in [5, 5.41) is 4.68. The minimum atomic E-state index is -0.0154. The van der Waals surface area contributed by atoms with E-state index >= 15 is 0 Å². The van der Waals surface area contributed by atoms with Crippen LogP contribution in [0.5, 0.6) is 0 Å². The normalized spacial score (nSPS) is 12.4.